The minimum Gasteiger partial charge on any atom is -0.325 e. The summed E-state index contributed by atoms with van der Waals surface area (Å²) >= 11 is 0. The minimum atomic E-state index is -0.575. The first-order valence-corrected chi connectivity index (χ1v) is 5.96. The molecule has 3 N–H and O–H groups in total. The normalized spacial score (nSPS) is 11.8. The molecule has 2 aromatic rings. The second-order valence-corrected chi connectivity index (χ2v) is 4.14. The van der Waals surface area contributed by atoms with Gasteiger partial charge in [0.05, 0.1) is 12.4 Å². The van der Waals surface area contributed by atoms with Crippen LogP contribution in [-0.4, -0.2) is 21.5 Å². The summed E-state index contributed by atoms with van der Waals surface area (Å²) in [5.41, 5.74) is 7.34. The predicted molar refractivity (Wildman–Crippen MR) is 75.0 cm³/mol. The molecule has 19 heavy (non-hydrogen) atoms. The maximum absolute atomic E-state index is 11.8. The van der Waals surface area contributed by atoms with Crippen LogP contribution in [0.1, 0.15) is 6.42 Å². The number of hydrogen-bond donors (Lipinski definition) is 2. The molecule has 5 nitrogen and oxygen atoms in total. The van der Waals surface area contributed by atoms with E-state index in [2.05, 4.69) is 16.9 Å². The molecular formula is C14H16N4O. The first-order chi connectivity index (χ1) is 9.20. The van der Waals surface area contributed by atoms with Gasteiger partial charge < -0.3 is 15.6 Å². The Kier molecular flexibility index (Phi) is 4.10. The average molecular weight is 256 g/mol. The lowest BCUT2D eigenvalue weighted by molar-refractivity contribution is -0.117. The summed E-state index contributed by atoms with van der Waals surface area (Å²) in [7, 11) is 0. The SMILES string of the molecule is C=CCC(N)C(=O)Nc1cccc(-n2ccnc2)c1. The van der Waals surface area contributed by atoms with Gasteiger partial charge in [-0.15, -0.1) is 6.58 Å². The van der Waals surface area contributed by atoms with Crippen molar-refractivity contribution in [2.24, 2.45) is 5.73 Å². The third kappa shape index (κ3) is 3.29. The largest absolute Gasteiger partial charge is 0.325 e. The standard InChI is InChI=1S/C14H16N4O/c1-2-4-13(15)14(19)17-11-5-3-6-12(9-11)18-8-7-16-10-18/h2-3,5-10,13H,1,4,15H2,(H,17,19). The van der Waals surface area contributed by atoms with Gasteiger partial charge in [0, 0.05) is 23.8 Å². The van der Waals surface area contributed by atoms with E-state index >= 15 is 0 Å². The molecule has 0 aliphatic rings. The van der Waals surface area contributed by atoms with Crippen LogP contribution in [0.25, 0.3) is 5.69 Å². The molecule has 0 saturated carbocycles. The number of carbonyl (C=O) groups is 1. The highest BCUT2D eigenvalue weighted by molar-refractivity contribution is 5.94. The molecule has 1 heterocycles. The number of nitrogens with one attached hydrogen (secondary N) is 1. The summed E-state index contributed by atoms with van der Waals surface area (Å²) in [4.78, 5) is 15.8. The van der Waals surface area contributed by atoms with Crippen molar-refractivity contribution in [1.82, 2.24) is 9.55 Å². The molecule has 0 bridgehead atoms. The van der Waals surface area contributed by atoms with Crippen LogP contribution in [0.5, 0.6) is 0 Å². The van der Waals surface area contributed by atoms with Gasteiger partial charge in [0.15, 0.2) is 0 Å². The van der Waals surface area contributed by atoms with Gasteiger partial charge in [0.1, 0.15) is 0 Å². The van der Waals surface area contributed by atoms with Crippen molar-refractivity contribution >= 4 is 11.6 Å². The van der Waals surface area contributed by atoms with Gasteiger partial charge in [-0.05, 0) is 24.6 Å². The number of benzene rings is 1. The fraction of sp³-hybridized carbons (Fsp3) is 0.143. The summed E-state index contributed by atoms with van der Waals surface area (Å²) in [6, 6.07) is 6.90. The van der Waals surface area contributed by atoms with Gasteiger partial charge in [-0.1, -0.05) is 12.1 Å². The quantitative estimate of drug-likeness (QED) is 0.800. The molecule has 1 aromatic heterocycles. The number of amides is 1. The topological polar surface area (TPSA) is 72.9 Å². The van der Waals surface area contributed by atoms with Crippen molar-refractivity contribution in [2.75, 3.05) is 5.32 Å². The van der Waals surface area contributed by atoms with E-state index in [0.29, 0.717) is 12.1 Å². The molecule has 98 valence electrons. The molecule has 2 rings (SSSR count). The molecule has 0 spiro atoms. The zero-order valence-electron chi connectivity index (χ0n) is 10.5. The lowest BCUT2D eigenvalue weighted by Gasteiger charge is -2.11. The number of imidazole rings is 1. The van der Waals surface area contributed by atoms with Gasteiger partial charge in [-0.25, -0.2) is 4.98 Å². The van der Waals surface area contributed by atoms with Crippen LogP contribution >= 0.6 is 0 Å². The van der Waals surface area contributed by atoms with Crippen LogP contribution in [0, 0.1) is 0 Å². The highest BCUT2D eigenvalue weighted by atomic mass is 16.2. The molecule has 0 saturated heterocycles. The summed E-state index contributed by atoms with van der Waals surface area (Å²) < 4.78 is 1.86. The molecule has 5 heteroatoms. The highest BCUT2D eigenvalue weighted by Crippen LogP contribution is 2.14. The van der Waals surface area contributed by atoms with Gasteiger partial charge in [0.2, 0.25) is 5.91 Å². The van der Waals surface area contributed by atoms with Crippen LogP contribution in [0.15, 0.2) is 55.6 Å². The Labute approximate surface area is 111 Å². The Morgan fingerprint density at radius 1 is 1.58 bits per heavy atom. The molecular weight excluding hydrogens is 240 g/mol. The van der Waals surface area contributed by atoms with E-state index in [1.165, 1.54) is 0 Å². The third-order valence-electron chi connectivity index (χ3n) is 2.67. The molecule has 0 aliphatic carbocycles. The lowest BCUT2D eigenvalue weighted by Crippen LogP contribution is -2.35. The zero-order valence-corrected chi connectivity index (χ0v) is 10.5. The van der Waals surface area contributed by atoms with Crippen LogP contribution in [0.3, 0.4) is 0 Å². The molecule has 0 radical (unpaired) electrons. The molecule has 1 atom stereocenters. The minimum absolute atomic E-state index is 0.220. The van der Waals surface area contributed by atoms with E-state index in [-0.39, 0.29) is 5.91 Å². The fourth-order valence-electron chi connectivity index (χ4n) is 1.68. The summed E-state index contributed by atoms with van der Waals surface area (Å²) in [6.07, 6.45) is 7.32. The van der Waals surface area contributed by atoms with Crippen molar-refractivity contribution in [3.8, 4) is 5.69 Å². The summed E-state index contributed by atoms with van der Waals surface area (Å²) in [5, 5.41) is 2.78. The Balaban J connectivity index is 2.11. The van der Waals surface area contributed by atoms with Crippen molar-refractivity contribution in [1.29, 1.82) is 0 Å². The third-order valence-corrected chi connectivity index (χ3v) is 2.67. The van der Waals surface area contributed by atoms with Crippen molar-refractivity contribution < 1.29 is 4.79 Å². The van der Waals surface area contributed by atoms with Crippen LogP contribution in [0.4, 0.5) is 5.69 Å². The number of aromatic nitrogens is 2. The second kappa shape index (κ2) is 5.97. The van der Waals surface area contributed by atoms with Crippen molar-refractivity contribution in [3.05, 3.63) is 55.6 Å². The molecule has 1 amide bonds. The Morgan fingerprint density at radius 2 is 2.42 bits per heavy atom. The number of hydrogen-bond acceptors (Lipinski definition) is 3. The zero-order chi connectivity index (χ0) is 13.7. The van der Waals surface area contributed by atoms with Crippen LogP contribution in [-0.2, 0) is 4.79 Å². The lowest BCUT2D eigenvalue weighted by atomic mass is 10.2. The van der Waals surface area contributed by atoms with Gasteiger partial charge >= 0.3 is 0 Å². The monoisotopic (exact) mass is 256 g/mol. The molecule has 1 unspecified atom stereocenters. The van der Waals surface area contributed by atoms with E-state index < -0.39 is 6.04 Å². The van der Waals surface area contributed by atoms with Crippen LogP contribution < -0.4 is 11.1 Å². The highest BCUT2D eigenvalue weighted by Gasteiger charge is 2.11. The first kappa shape index (κ1) is 13.0. The summed E-state index contributed by atoms with van der Waals surface area (Å²) in [5.74, 6) is -0.220. The van der Waals surface area contributed by atoms with E-state index in [1.807, 2.05) is 35.0 Å². The number of anilines is 1. The first-order valence-electron chi connectivity index (χ1n) is 5.96. The number of nitrogens with two attached hydrogens (primary N) is 1. The second-order valence-electron chi connectivity index (χ2n) is 4.14. The van der Waals surface area contributed by atoms with E-state index in [1.54, 1.807) is 18.6 Å². The van der Waals surface area contributed by atoms with Gasteiger partial charge in [-0.3, -0.25) is 4.79 Å². The van der Waals surface area contributed by atoms with Crippen molar-refractivity contribution in [2.45, 2.75) is 12.5 Å². The maximum Gasteiger partial charge on any atom is 0.241 e. The average Bonchev–Trinajstić information content (AvgIpc) is 2.93. The number of nitrogens with zero attached hydrogens (tertiary/aromatic N) is 2. The Morgan fingerprint density at radius 3 is 3.11 bits per heavy atom. The Bertz CT molecular complexity index is 563. The molecule has 0 aliphatic heterocycles. The van der Waals surface area contributed by atoms with Gasteiger partial charge in [0.25, 0.3) is 0 Å². The summed E-state index contributed by atoms with van der Waals surface area (Å²) in [6.45, 7) is 3.57. The van der Waals surface area contributed by atoms with Crippen molar-refractivity contribution in [3.63, 3.8) is 0 Å². The van der Waals surface area contributed by atoms with Gasteiger partial charge in [-0.2, -0.15) is 0 Å². The Hall–Kier alpha value is -2.40. The predicted octanol–water partition coefficient (Wildman–Crippen LogP) is 1.71. The van der Waals surface area contributed by atoms with Crippen LogP contribution in [0.2, 0.25) is 0 Å². The maximum atomic E-state index is 11.8. The molecule has 1 aromatic carbocycles. The van der Waals surface area contributed by atoms with E-state index in [9.17, 15) is 4.79 Å². The van der Waals surface area contributed by atoms with E-state index in [4.69, 9.17) is 5.73 Å². The smallest absolute Gasteiger partial charge is 0.241 e. The van der Waals surface area contributed by atoms with E-state index in [0.717, 1.165) is 5.69 Å². The molecule has 0 fully saturated rings. The number of rotatable bonds is 5. The number of carbonyl (C=O) groups excluding carboxylic acids is 1. The fourth-order valence-corrected chi connectivity index (χ4v) is 1.68.